The van der Waals surface area contributed by atoms with Gasteiger partial charge in [0.15, 0.2) is 0 Å². The predicted octanol–water partition coefficient (Wildman–Crippen LogP) is 2.85. The van der Waals surface area contributed by atoms with Crippen LogP contribution in [0.5, 0.6) is 5.75 Å². The zero-order chi connectivity index (χ0) is 11.7. The maximum Gasteiger partial charge on any atom is 0.123 e. The van der Waals surface area contributed by atoms with E-state index in [1.165, 1.54) is 0 Å². The van der Waals surface area contributed by atoms with Crippen LogP contribution in [0.25, 0.3) is 21.3 Å². The van der Waals surface area contributed by atoms with E-state index in [2.05, 4.69) is 15.0 Å². The van der Waals surface area contributed by atoms with Crippen molar-refractivity contribution < 1.29 is 4.74 Å². The van der Waals surface area contributed by atoms with Gasteiger partial charge in [0.05, 0.1) is 18.2 Å². The Labute approximate surface area is 97.7 Å². The molecule has 1 aliphatic rings. The molecule has 2 aromatic rings. The fourth-order valence-corrected chi connectivity index (χ4v) is 2.17. The van der Waals surface area contributed by atoms with Gasteiger partial charge in [-0.15, -0.1) is 0 Å². The molecule has 3 rings (SSSR count). The molecule has 1 aliphatic heterocycles. The van der Waals surface area contributed by atoms with E-state index in [0.717, 1.165) is 22.2 Å². The third-order valence-corrected chi connectivity index (χ3v) is 2.94. The van der Waals surface area contributed by atoms with Crippen LogP contribution >= 0.6 is 0 Å². The van der Waals surface area contributed by atoms with Gasteiger partial charge in [0.1, 0.15) is 5.75 Å². The van der Waals surface area contributed by atoms with Crippen molar-refractivity contribution in [3.8, 4) is 5.75 Å². The minimum Gasteiger partial charge on any atom is -0.493 e. The standard InChI is InChI=1S/C12H10N4O/c13-16-15-8-6-10-9-2-1-5-14-11(9)3-4-12(10)17-7-8/h1-5,8H,6-7H2. The summed E-state index contributed by atoms with van der Waals surface area (Å²) in [6.45, 7) is 0.447. The number of aromatic nitrogens is 1. The van der Waals surface area contributed by atoms with Crippen LogP contribution in [0.2, 0.25) is 0 Å². The Kier molecular flexibility index (Phi) is 2.31. The molecular formula is C12H10N4O. The summed E-state index contributed by atoms with van der Waals surface area (Å²) >= 11 is 0. The molecule has 5 nitrogen and oxygen atoms in total. The van der Waals surface area contributed by atoms with Gasteiger partial charge < -0.3 is 4.74 Å². The second-order valence-electron chi connectivity index (χ2n) is 3.99. The number of azide groups is 1. The van der Waals surface area contributed by atoms with Crippen molar-refractivity contribution in [2.75, 3.05) is 6.61 Å². The molecule has 0 saturated heterocycles. The summed E-state index contributed by atoms with van der Waals surface area (Å²) in [4.78, 5) is 7.14. The molecule has 17 heavy (non-hydrogen) atoms. The van der Waals surface area contributed by atoms with Crippen LogP contribution in [-0.4, -0.2) is 17.6 Å². The van der Waals surface area contributed by atoms with Crippen molar-refractivity contribution in [2.24, 2.45) is 5.11 Å². The number of ether oxygens (including phenoxy) is 1. The van der Waals surface area contributed by atoms with Gasteiger partial charge in [-0.05, 0) is 30.2 Å². The zero-order valence-electron chi connectivity index (χ0n) is 9.08. The van der Waals surface area contributed by atoms with Crippen LogP contribution in [0, 0.1) is 0 Å². The third-order valence-electron chi connectivity index (χ3n) is 2.94. The van der Waals surface area contributed by atoms with Gasteiger partial charge in [0.25, 0.3) is 0 Å². The van der Waals surface area contributed by atoms with E-state index < -0.39 is 0 Å². The minimum atomic E-state index is -0.127. The topological polar surface area (TPSA) is 70.9 Å². The molecule has 5 heteroatoms. The molecular weight excluding hydrogens is 216 g/mol. The first-order valence-corrected chi connectivity index (χ1v) is 5.42. The fourth-order valence-electron chi connectivity index (χ4n) is 2.17. The Balaban J connectivity index is 2.15. The van der Waals surface area contributed by atoms with Crippen molar-refractivity contribution in [3.05, 3.63) is 46.5 Å². The molecule has 2 heterocycles. The van der Waals surface area contributed by atoms with Gasteiger partial charge in [-0.25, -0.2) is 0 Å². The van der Waals surface area contributed by atoms with Crippen molar-refractivity contribution in [2.45, 2.75) is 12.5 Å². The molecule has 0 saturated carbocycles. The van der Waals surface area contributed by atoms with E-state index in [0.29, 0.717) is 13.0 Å². The quantitative estimate of drug-likeness (QED) is 0.426. The Hall–Kier alpha value is -2.26. The van der Waals surface area contributed by atoms with E-state index in [1.54, 1.807) is 6.20 Å². The number of nitrogens with zero attached hydrogens (tertiary/aromatic N) is 4. The van der Waals surface area contributed by atoms with Gasteiger partial charge in [-0.2, -0.15) is 0 Å². The molecule has 1 atom stereocenters. The number of hydrogen-bond donors (Lipinski definition) is 0. The Morgan fingerprint density at radius 3 is 3.24 bits per heavy atom. The molecule has 0 radical (unpaired) electrons. The first kappa shape index (κ1) is 9.93. The maximum absolute atomic E-state index is 8.47. The summed E-state index contributed by atoms with van der Waals surface area (Å²) in [5.74, 6) is 0.870. The lowest BCUT2D eigenvalue weighted by atomic mass is 9.98. The highest BCUT2D eigenvalue weighted by molar-refractivity contribution is 5.84. The van der Waals surface area contributed by atoms with E-state index >= 15 is 0 Å². The molecule has 1 aromatic heterocycles. The molecule has 0 aliphatic carbocycles. The van der Waals surface area contributed by atoms with Crippen LogP contribution in [0.3, 0.4) is 0 Å². The van der Waals surface area contributed by atoms with E-state index in [-0.39, 0.29) is 6.04 Å². The second-order valence-corrected chi connectivity index (χ2v) is 3.99. The largest absolute Gasteiger partial charge is 0.493 e. The van der Waals surface area contributed by atoms with Gasteiger partial charge >= 0.3 is 0 Å². The lowest BCUT2D eigenvalue weighted by Gasteiger charge is -2.23. The van der Waals surface area contributed by atoms with Gasteiger partial charge in [-0.3, -0.25) is 4.98 Å². The first-order valence-electron chi connectivity index (χ1n) is 5.42. The number of pyridine rings is 1. The van der Waals surface area contributed by atoms with E-state index in [4.69, 9.17) is 10.3 Å². The summed E-state index contributed by atoms with van der Waals surface area (Å²) in [7, 11) is 0. The highest BCUT2D eigenvalue weighted by Crippen LogP contribution is 2.31. The van der Waals surface area contributed by atoms with Crippen LogP contribution in [0.1, 0.15) is 5.56 Å². The maximum atomic E-state index is 8.47. The Bertz CT molecular complexity index is 619. The summed E-state index contributed by atoms with van der Waals surface area (Å²) in [6.07, 6.45) is 2.48. The molecule has 1 unspecified atom stereocenters. The normalized spacial score (nSPS) is 18.0. The Morgan fingerprint density at radius 2 is 2.35 bits per heavy atom. The highest BCUT2D eigenvalue weighted by atomic mass is 16.5. The molecule has 0 spiro atoms. The SMILES string of the molecule is [N-]=[N+]=NC1COc2ccc3ncccc3c2C1. The van der Waals surface area contributed by atoms with Crippen LogP contribution in [-0.2, 0) is 6.42 Å². The lowest BCUT2D eigenvalue weighted by molar-refractivity contribution is 0.264. The monoisotopic (exact) mass is 226 g/mol. The van der Waals surface area contributed by atoms with Gasteiger partial charge in [0, 0.05) is 22.1 Å². The molecule has 1 aromatic carbocycles. The number of fused-ring (bicyclic) bond motifs is 3. The zero-order valence-corrected chi connectivity index (χ0v) is 9.08. The minimum absolute atomic E-state index is 0.127. The molecule has 0 fully saturated rings. The second kappa shape index (κ2) is 3.96. The molecule has 0 bridgehead atoms. The average molecular weight is 226 g/mol. The predicted molar refractivity (Wildman–Crippen MR) is 63.9 cm³/mol. The van der Waals surface area contributed by atoms with E-state index in [1.807, 2.05) is 24.3 Å². The number of rotatable bonds is 1. The van der Waals surface area contributed by atoms with Crippen molar-refractivity contribution in [3.63, 3.8) is 0 Å². The highest BCUT2D eigenvalue weighted by Gasteiger charge is 2.20. The van der Waals surface area contributed by atoms with Crippen molar-refractivity contribution >= 4 is 10.9 Å². The summed E-state index contributed by atoms with van der Waals surface area (Å²) in [6, 6.07) is 7.67. The number of benzene rings is 1. The van der Waals surface area contributed by atoms with Crippen molar-refractivity contribution in [1.29, 1.82) is 0 Å². The molecule has 0 amide bonds. The summed E-state index contributed by atoms with van der Waals surface area (Å²) in [5.41, 5.74) is 10.5. The Morgan fingerprint density at radius 1 is 1.41 bits per heavy atom. The third kappa shape index (κ3) is 1.66. The van der Waals surface area contributed by atoms with Gasteiger partial charge in [0.2, 0.25) is 0 Å². The van der Waals surface area contributed by atoms with Crippen LogP contribution in [0.15, 0.2) is 35.6 Å². The summed E-state index contributed by atoms with van der Waals surface area (Å²) < 4.78 is 5.60. The van der Waals surface area contributed by atoms with Crippen molar-refractivity contribution in [1.82, 2.24) is 4.98 Å². The first-order chi connectivity index (χ1) is 8.38. The average Bonchev–Trinajstić information content (AvgIpc) is 2.39. The van der Waals surface area contributed by atoms with Crippen LogP contribution in [0.4, 0.5) is 0 Å². The molecule has 0 N–H and O–H groups in total. The summed E-state index contributed by atoms with van der Waals surface area (Å²) in [5, 5.41) is 4.80. The number of hydrogen-bond acceptors (Lipinski definition) is 3. The smallest absolute Gasteiger partial charge is 0.123 e. The van der Waals surface area contributed by atoms with Crippen LogP contribution < -0.4 is 4.74 Å². The lowest BCUT2D eigenvalue weighted by Crippen LogP contribution is -2.23. The molecule has 84 valence electrons. The van der Waals surface area contributed by atoms with Gasteiger partial charge in [-0.1, -0.05) is 11.2 Å². The fraction of sp³-hybridized carbons (Fsp3) is 0.250. The van der Waals surface area contributed by atoms with E-state index in [9.17, 15) is 0 Å².